The number of ether oxygens (including phenoxy) is 1. The van der Waals surface area contributed by atoms with E-state index < -0.39 is 5.60 Å². The summed E-state index contributed by atoms with van der Waals surface area (Å²) < 4.78 is 5.29. The quantitative estimate of drug-likeness (QED) is 0.684. The van der Waals surface area contributed by atoms with E-state index in [2.05, 4.69) is 0 Å². The van der Waals surface area contributed by atoms with Gasteiger partial charge < -0.3 is 9.64 Å². The van der Waals surface area contributed by atoms with Gasteiger partial charge in [0.05, 0.1) is 5.41 Å². The minimum absolute atomic E-state index is 0.212. The van der Waals surface area contributed by atoms with E-state index in [0.717, 1.165) is 6.42 Å². The van der Waals surface area contributed by atoms with Crippen LogP contribution in [0.2, 0.25) is 0 Å². The summed E-state index contributed by atoms with van der Waals surface area (Å²) in [5, 5.41) is 0. The molecular weight excluding hydrogens is 206 g/mol. The molecule has 1 saturated heterocycles. The number of amides is 1. The molecule has 1 saturated carbocycles. The lowest BCUT2D eigenvalue weighted by Gasteiger charge is -2.25. The predicted molar refractivity (Wildman–Crippen MR) is 59.0 cm³/mol. The van der Waals surface area contributed by atoms with E-state index in [4.69, 9.17) is 4.74 Å². The number of carbonyl (C=O) groups is 2. The Hall–Kier alpha value is -1.06. The first-order valence-electron chi connectivity index (χ1n) is 5.73. The van der Waals surface area contributed by atoms with Crippen molar-refractivity contribution >= 4 is 11.9 Å². The molecule has 90 valence electrons. The molecule has 1 amide bonds. The Kier molecular flexibility index (Phi) is 2.30. The second-order valence-electron chi connectivity index (χ2n) is 5.97. The van der Waals surface area contributed by atoms with E-state index >= 15 is 0 Å². The van der Waals surface area contributed by atoms with Crippen molar-refractivity contribution in [1.29, 1.82) is 0 Å². The number of Topliss-reactive ketones (excluding diaryl/α,β-unsaturated/α-hetero) is 1. The fraction of sp³-hybridized carbons (Fsp3) is 0.833. The molecule has 2 rings (SSSR count). The van der Waals surface area contributed by atoms with Gasteiger partial charge in [-0.1, -0.05) is 0 Å². The molecule has 1 aliphatic carbocycles. The van der Waals surface area contributed by atoms with Crippen LogP contribution >= 0.6 is 0 Å². The van der Waals surface area contributed by atoms with Crippen LogP contribution in [0.15, 0.2) is 0 Å². The van der Waals surface area contributed by atoms with E-state index in [0.29, 0.717) is 19.0 Å². The predicted octanol–water partition coefficient (Wildman–Crippen LogP) is 1.83. The number of fused-ring (bicyclic) bond motifs is 1. The molecular formula is C12H19NO3. The van der Waals surface area contributed by atoms with Gasteiger partial charge >= 0.3 is 6.09 Å². The molecule has 16 heavy (non-hydrogen) atoms. The molecule has 2 aliphatic rings. The van der Waals surface area contributed by atoms with Gasteiger partial charge in [-0.2, -0.15) is 0 Å². The molecule has 1 aliphatic heterocycles. The molecule has 0 radical (unpaired) electrons. The Morgan fingerprint density at radius 1 is 1.38 bits per heavy atom. The first-order chi connectivity index (χ1) is 7.24. The molecule has 0 spiro atoms. The molecule has 0 aromatic rings. The number of hydrogen-bond donors (Lipinski definition) is 0. The lowest BCUT2D eigenvalue weighted by Crippen LogP contribution is -2.38. The summed E-state index contributed by atoms with van der Waals surface area (Å²) in [5.41, 5.74) is -0.690. The van der Waals surface area contributed by atoms with Crippen LogP contribution in [0.3, 0.4) is 0 Å². The van der Waals surface area contributed by atoms with Crippen LogP contribution in [0.1, 0.15) is 34.1 Å². The molecule has 0 aromatic carbocycles. The van der Waals surface area contributed by atoms with Crippen molar-refractivity contribution in [2.45, 2.75) is 39.7 Å². The normalized spacial score (nSPS) is 32.2. The summed E-state index contributed by atoms with van der Waals surface area (Å²) >= 11 is 0. The van der Waals surface area contributed by atoms with Gasteiger partial charge in [0.15, 0.2) is 0 Å². The van der Waals surface area contributed by atoms with Crippen LogP contribution in [0.5, 0.6) is 0 Å². The van der Waals surface area contributed by atoms with Crippen molar-refractivity contribution in [2.24, 2.45) is 11.3 Å². The van der Waals surface area contributed by atoms with Gasteiger partial charge in [-0.15, -0.1) is 0 Å². The van der Waals surface area contributed by atoms with Gasteiger partial charge in [0, 0.05) is 13.1 Å². The smallest absolute Gasteiger partial charge is 0.410 e. The van der Waals surface area contributed by atoms with E-state index in [-0.39, 0.29) is 17.3 Å². The fourth-order valence-corrected chi connectivity index (χ4v) is 2.49. The summed E-state index contributed by atoms with van der Waals surface area (Å²) in [5.74, 6) is 0.584. The monoisotopic (exact) mass is 225 g/mol. The molecule has 0 N–H and O–H groups in total. The van der Waals surface area contributed by atoms with Gasteiger partial charge in [0.1, 0.15) is 11.4 Å². The number of nitrogens with zero attached hydrogens (tertiary/aromatic N) is 1. The average Bonchev–Trinajstić information content (AvgIpc) is 2.67. The molecule has 0 aromatic heterocycles. The topological polar surface area (TPSA) is 46.6 Å². The molecule has 1 heterocycles. The highest BCUT2D eigenvalue weighted by molar-refractivity contribution is 5.87. The molecule has 2 fully saturated rings. The third kappa shape index (κ3) is 1.81. The Morgan fingerprint density at radius 3 is 2.44 bits per heavy atom. The van der Waals surface area contributed by atoms with E-state index in [9.17, 15) is 9.59 Å². The minimum atomic E-state index is -0.465. The van der Waals surface area contributed by atoms with Crippen LogP contribution in [0.4, 0.5) is 4.79 Å². The van der Waals surface area contributed by atoms with Gasteiger partial charge in [-0.05, 0) is 40.0 Å². The van der Waals surface area contributed by atoms with Gasteiger partial charge in [-0.25, -0.2) is 4.79 Å². The second-order valence-corrected chi connectivity index (χ2v) is 5.97. The average molecular weight is 225 g/mol. The highest BCUT2D eigenvalue weighted by atomic mass is 16.6. The Balaban J connectivity index is 1.96. The molecule has 2 unspecified atom stereocenters. The first kappa shape index (κ1) is 11.4. The van der Waals surface area contributed by atoms with Crippen molar-refractivity contribution in [3.8, 4) is 0 Å². The van der Waals surface area contributed by atoms with Crippen LogP contribution in [0.25, 0.3) is 0 Å². The molecule has 4 nitrogen and oxygen atoms in total. The fourth-order valence-electron chi connectivity index (χ4n) is 2.49. The number of ketones is 1. The number of piperidine rings is 1. The maximum Gasteiger partial charge on any atom is 0.410 e. The maximum atomic E-state index is 11.8. The Bertz CT molecular complexity index is 345. The number of hydrogen-bond acceptors (Lipinski definition) is 3. The van der Waals surface area contributed by atoms with Crippen LogP contribution in [-0.2, 0) is 9.53 Å². The summed E-state index contributed by atoms with van der Waals surface area (Å²) in [6, 6.07) is 0. The first-order valence-corrected chi connectivity index (χ1v) is 5.73. The minimum Gasteiger partial charge on any atom is -0.444 e. The van der Waals surface area contributed by atoms with Crippen LogP contribution in [0, 0.1) is 11.3 Å². The van der Waals surface area contributed by atoms with E-state index in [1.807, 2.05) is 20.8 Å². The lowest BCUT2D eigenvalue weighted by molar-refractivity contribution is -0.122. The Morgan fingerprint density at radius 2 is 2.00 bits per heavy atom. The summed E-state index contributed by atoms with van der Waals surface area (Å²) in [7, 11) is 0. The maximum absolute atomic E-state index is 11.8. The molecule has 0 bridgehead atoms. The second kappa shape index (κ2) is 3.22. The van der Waals surface area contributed by atoms with Gasteiger partial charge in [0.25, 0.3) is 0 Å². The largest absolute Gasteiger partial charge is 0.444 e. The lowest BCUT2D eigenvalue weighted by atomic mass is 10.0. The number of carbonyl (C=O) groups excluding carboxylic acids is 2. The summed E-state index contributed by atoms with van der Waals surface area (Å²) in [6.45, 7) is 8.39. The number of rotatable bonds is 1. The summed E-state index contributed by atoms with van der Waals surface area (Å²) in [4.78, 5) is 24.9. The van der Waals surface area contributed by atoms with Gasteiger partial charge in [-0.3, -0.25) is 4.79 Å². The zero-order valence-corrected chi connectivity index (χ0v) is 10.4. The van der Waals surface area contributed by atoms with E-state index in [1.165, 1.54) is 0 Å². The molecule has 2 atom stereocenters. The highest BCUT2D eigenvalue weighted by Crippen LogP contribution is 2.58. The summed E-state index contributed by atoms with van der Waals surface area (Å²) in [6.07, 6.45) is 0.655. The SMILES string of the molecule is CC(=O)C12CC1CN(C(=O)OC(C)(C)C)C2. The van der Waals surface area contributed by atoms with Crippen LogP contribution < -0.4 is 0 Å². The van der Waals surface area contributed by atoms with Crippen molar-refractivity contribution in [3.05, 3.63) is 0 Å². The highest BCUT2D eigenvalue weighted by Gasteiger charge is 2.64. The third-order valence-electron chi connectivity index (χ3n) is 3.50. The number of likely N-dealkylation sites (tertiary alicyclic amines) is 1. The molecule has 4 heteroatoms. The zero-order valence-electron chi connectivity index (χ0n) is 10.4. The van der Waals surface area contributed by atoms with Crippen LogP contribution in [-0.4, -0.2) is 35.5 Å². The van der Waals surface area contributed by atoms with Crippen molar-refractivity contribution in [2.75, 3.05) is 13.1 Å². The van der Waals surface area contributed by atoms with Crippen molar-refractivity contribution in [1.82, 2.24) is 4.90 Å². The third-order valence-corrected chi connectivity index (χ3v) is 3.50. The standard InChI is InChI=1S/C12H19NO3/c1-8(14)12-5-9(12)6-13(7-12)10(15)16-11(2,3)4/h9H,5-7H2,1-4H3. The van der Waals surface area contributed by atoms with Crippen molar-refractivity contribution < 1.29 is 14.3 Å². The van der Waals surface area contributed by atoms with Crippen molar-refractivity contribution in [3.63, 3.8) is 0 Å². The Labute approximate surface area is 95.9 Å². The zero-order chi connectivity index (χ0) is 12.1. The van der Waals surface area contributed by atoms with E-state index in [1.54, 1.807) is 11.8 Å². The van der Waals surface area contributed by atoms with Gasteiger partial charge in [0.2, 0.25) is 0 Å².